The molecule has 0 radical (unpaired) electrons. The van der Waals surface area contributed by atoms with Crippen LogP contribution in [0.4, 0.5) is 0 Å². The normalized spacial score (nSPS) is 25.1. The SMILES string of the molecule is CC1(O)CN(Cc2cnc(C3OCCO3)s2)C1. The predicted molar refractivity (Wildman–Crippen MR) is 62.7 cm³/mol. The summed E-state index contributed by atoms with van der Waals surface area (Å²) in [5.74, 6) is 0. The first-order chi connectivity index (χ1) is 8.12. The van der Waals surface area contributed by atoms with Crippen molar-refractivity contribution in [3.8, 4) is 0 Å². The summed E-state index contributed by atoms with van der Waals surface area (Å²) >= 11 is 1.62. The van der Waals surface area contributed by atoms with E-state index >= 15 is 0 Å². The van der Waals surface area contributed by atoms with Crippen LogP contribution in [0.1, 0.15) is 23.1 Å². The van der Waals surface area contributed by atoms with E-state index in [-0.39, 0.29) is 6.29 Å². The van der Waals surface area contributed by atoms with Crippen molar-refractivity contribution in [2.45, 2.75) is 25.4 Å². The van der Waals surface area contributed by atoms with Crippen LogP contribution in [-0.2, 0) is 16.0 Å². The zero-order valence-corrected chi connectivity index (χ0v) is 10.6. The number of rotatable bonds is 3. The van der Waals surface area contributed by atoms with Gasteiger partial charge in [-0.25, -0.2) is 4.98 Å². The summed E-state index contributed by atoms with van der Waals surface area (Å²) in [5.41, 5.74) is -0.509. The number of hydrogen-bond donors (Lipinski definition) is 1. The highest BCUT2D eigenvalue weighted by atomic mass is 32.1. The van der Waals surface area contributed by atoms with Gasteiger partial charge in [0.15, 0.2) is 0 Å². The van der Waals surface area contributed by atoms with Gasteiger partial charge in [-0.05, 0) is 6.92 Å². The average molecular weight is 256 g/mol. The van der Waals surface area contributed by atoms with Gasteiger partial charge in [0.05, 0.1) is 18.8 Å². The molecule has 2 aliphatic rings. The Morgan fingerprint density at radius 1 is 1.53 bits per heavy atom. The topological polar surface area (TPSA) is 54.8 Å². The molecule has 0 unspecified atom stereocenters. The quantitative estimate of drug-likeness (QED) is 0.865. The van der Waals surface area contributed by atoms with Crippen molar-refractivity contribution < 1.29 is 14.6 Å². The van der Waals surface area contributed by atoms with Gasteiger partial charge in [-0.2, -0.15) is 0 Å². The van der Waals surface area contributed by atoms with E-state index in [9.17, 15) is 5.11 Å². The maximum Gasteiger partial charge on any atom is 0.211 e. The van der Waals surface area contributed by atoms with E-state index < -0.39 is 5.60 Å². The molecule has 2 fully saturated rings. The van der Waals surface area contributed by atoms with Gasteiger partial charge in [0, 0.05) is 30.7 Å². The second kappa shape index (κ2) is 4.29. The Kier molecular flexibility index (Phi) is 2.92. The van der Waals surface area contributed by atoms with Crippen molar-refractivity contribution in [1.29, 1.82) is 0 Å². The Morgan fingerprint density at radius 3 is 2.88 bits per heavy atom. The van der Waals surface area contributed by atoms with Crippen LogP contribution in [-0.4, -0.2) is 46.9 Å². The van der Waals surface area contributed by atoms with Gasteiger partial charge in [0.25, 0.3) is 0 Å². The molecular formula is C11H16N2O3S. The monoisotopic (exact) mass is 256 g/mol. The summed E-state index contributed by atoms with van der Waals surface area (Å²) < 4.78 is 10.8. The Morgan fingerprint density at radius 2 is 2.24 bits per heavy atom. The fraction of sp³-hybridized carbons (Fsp3) is 0.727. The molecule has 0 atom stereocenters. The molecule has 3 rings (SSSR count). The fourth-order valence-corrected chi connectivity index (χ4v) is 3.21. The number of nitrogens with zero attached hydrogens (tertiary/aromatic N) is 2. The second-order valence-corrected chi connectivity index (χ2v) is 6.03. The lowest BCUT2D eigenvalue weighted by Gasteiger charge is -2.43. The number of ether oxygens (including phenoxy) is 2. The zero-order chi connectivity index (χ0) is 11.9. The van der Waals surface area contributed by atoms with Gasteiger partial charge >= 0.3 is 0 Å². The third kappa shape index (κ3) is 2.51. The third-order valence-electron chi connectivity index (χ3n) is 2.90. The van der Waals surface area contributed by atoms with E-state index in [1.165, 1.54) is 4.88 Å². The smallest absolute Gasteiger partial charge is 0.211 e. The zero-order valence-electron chi connectivity index (χ0n) is 9.76. The molecule has 2 aliphatic heterocycles. The molecule has 1 N–H and O–H groups in total. The van der Waals surface area contributed by atoms with Crippen LogP contribution in [0.5, 0.6) is 0 Å². The highest BCUT2D eigenvalue weighted by Crippen LogP contribution is 2.29. The van der Waals surface area contributed by atoms with E-state index in [1.807, 2.05) is 13.1 Å². The predicted octanol–water partition coefficient (Wildman–Crippen LogP) is 0.755. The number of aliphatic hydroxyl groups is 1. The van der Waals surface area contributed by atoms with Gasteiger partial charge in [-0.15, -0.1) is 11.3 Å². The Bertz CT molecular complexity index is 393. The van der Waals surface area contributed by atoms with Crippen LogP contribution in [0, 0.1) is 0 Å². The lowest BCUT2D eigenvalue weighted by atomic mass is 9.97. The van der Waals surface area contributed by atoms with Crippen LogP contribution < -0.4 is 0 Å². The molecule has 0 bridgehead atoms. The van der Waals surface area contributed by atoms with E-state index in [1.54, 1.807) is 11.3 Å². The highest BCUT2D eigenvalue weighted by molar-refractivity contribution is 7.11. The van der Waals surface area contributed by atoms with Crippen molar-refractivity contribution in [1.82, 2.24) is 9.88 Å². The van der Waals surface area contributed by atoms with Crippen molar-refractivity contribution in [2.24, 2.45) is 0 Å². The van der Waals surface area contributed by atoms with Crippen LogP contribution in [0.15, 0.2) is 6.20 Å². The Balaban J connectivity index is 1.57. The van der Waals surface area contributed by atoms with Gasteiger partial charge in [0.2, 0.25) is 6.29 Å². The van der Waals surface area contributed by atoms with Gasteiger partial charge in [-0.3, -0.25) is 4.90 Å². The first-order valence-corrected chi connectivity index (χ1v) is 6.57. The minimum atomic E-state index is -0.509. The molecule has 0 spiro atoms. The van der Waals surface area contributed by atoms with Crippen LogP contribution in [0.25, 0.3) is 0 Å². The maximum atomic E-state index is 9.65. The summed E-state index contributed by atoms with van der Waals surface area (Å²) in [6, 6.07) is 0. The maximum absolute atomic E-state index is 9.65. The fourth-order valence-electron chi connectivity index (χ4n) is 2.26. The molecule has 0 saturated carbocycles. The molecule has 0 amide bonds. The summed E-state index contributed by atoms with van der Waals surface area (Å²) in [5, 5.41) is 10.5. The van der Waals surface area contributed by atoms with Crippen molar-refractivity contribution in [2.75, 3.05) is 26.3 Å². The van der Waals surface area contributed by atoms with E-state index in [0.717, 1.165) is 24.6 Å². The number of thiazole rings is 1. The number of aromatic nitrogens is 1. The van der Waals surface area contributed by atoms with Gasteiger partial charge in [0.1, 0.15) is 5.01 Å². The summed E-state index contributed by atoms with van der Waals surface area (Å²) in [7, 11) is 0. The Hall–Kier alpha value is -0.530. The molecule has 1 aromatic rings. The molecule has 17 heavy (non-hydrogen) atoms. The first kappa shape index (κ1) is 11.6. The minimum Gasteiger partial charge on any atom is -0.388 e. The second-order valence-electron chi connectivity index (χ2n) is 4.88. The molecule has 3 heterocycles. The molecule has 2 saturated heterocycles. The molecule has 6 heteroatoms. The minimum absolute atomic E-state index is 0.270. The number of likely N-dealkylation sites (tertiary alicyclic amines) is 1. The summed E-state index contributed by atoms with van der Waals surface area (Å²) in [6.45, 7) is 5.47. The van der Waals surface area contributed by atoms with Crippen molar-refractivity contribution >= 4 is 11.3 Å². The van der Waals surface area contributed by atoms with Gasteiger partial charge < -0.3 is 14.6 Å². The van der Waals surface area contributed by atoms with Crippen molar-refractivity contribution in [3.05, 3.63) is 16.1 Å². The standard InChI is InChI=1S/C11H16N2O3S/c1-11(14)6-13(7-11)5-8-4-12-9(17-8)10-15-2-3-16-10/h4,10,14H,2-3,5-7H2,1H3. The average Bonchev–Trinajstić information content (AvgIpc) is 2.82. The lowest BCUT2D eigenvalue weighted by molar-refractivity contribution is -0.0867. The number of β-amino-alcohol motifs (C(OH)–C–C–N with tert-alkyl or cyclic N) is 1. The summed E-state index contributed by atoms with van der Waals surface area (Å²) in [6.07, 6.45) is 1.60. The largest absolute Gasteiger partial charge is 0.388 e. The Labute approximate surface area is 104 Å². The lowest BCUT2D eigenvalue weighted by Crippen LogP contribution is -2.59. The molecule has 0 aliphatic carbocycles. The molecular weight excluding hydrogens is 240 g/mol. The highest BCUT2D eigenvalue weighted by Gasteiger charge is 2.36. The van der Waals surface area contributed by atoms with E-state index in [2.05, 4.69) is 9.88 Å². The first-order valence-electron chi connectivity index (χ1n) is 5.75. The molecule has 0 aromatic carbocycles. The molecule has 5 nitrogen and oxygen atoms in total. The van der Waals surface area contributed by atoms with Gasteiger partial charge in [-0.1, -0.05) is 0 Å². The number of hydrogen-bond acceptors (Lipinski definition) is 6. The third-order valence-corrected chi connectivity index (χ3v) is 3.91. The van der Waals surface area contributed by atoms with Crippen molar-refractivity contribution in [3.63, 3.8) is 0 Å². The summed E-state index contributed by atoms with van der Waals surface area (Å²) in [4.78, 5) is 7.72. The van der Waals surface area contributed by atoms with Crippen LogP contribution in [0.2, 0.25) is 0 Å². The molecule has 1 aromatic heterocycles. The van der Waals surface area contributed by atoms with Crippen LogP contribution in [0.3, 0.4) is 0 Å². The molecule has 94 valence electrons. The van der Waals surface area contributed by atoms with E-state index in [0.29, 0.717) is 13.2 Å². The van der Waals surface area contributed by atoms with E-state index in [4.69, 9.17) is 9.47 Å². The van der Waals surface area contributed by atoms with Crippen LogP contribution >= 0.6 is 11.3 Å².